The van der Waals surface area contributed by atoms with Crippen LogP contribution in [-0.4, -0.2) is 52.4 Å². The standard InChI is InChI=1S/C14H25N3O3S/c1-12(8-9-17(2)3)16-21(18,19)11-10-20-14-6-4-13(15)5-7-14/h4-7,12,16H,8-11,15H2,1-3H3. The van der Waals surface area contributed by atoms with Crippen molar-refractivity contribution < 1.29 is 13.2 Å². The van der Waals surface area contributed by atoms with E-state index < -0.39 is 10.0 Å². The van der Waals surface area contributed by atoms with Gasteiger partial charge in [0.2, 0.25) is 10.0 Å². The summed E-state index contributed by atoms with van der Waals surface area (Å²) in [5, 5.41) is 0. The lowest BCUT2D eigenvalue weighted by molar-refractivity contribution is 0.339. The average Bonchev–Trinajstić information content (AvgIpc) is 2.38. The number of nitrogens with zero attached hydrogens (tertiary/aromatic N) is 1. The van der Waals surface area contributed by atoms with Crippen LogP contribution in [0, 0.1) is 0 Å². The fraction of sp³-hybridized carbons (Fsp3) is 0.571. The van der Waals surface area contributed by atoms with E-state index in [2.05, 4.69) is 4.72 Å². The van der Waals surface area contributed by atoms with Crippen molar-refractivity contribution >= 4 is 15.7 Å². The van der Waals surface area contributed by atoms with Gasteiger partial charge >= 0.3 is 0 Å². The van der Waals surface area contributed by atoms with E-state index in [4.69, 9.17) is 10.5 Å². The molecule has 0 aromatic heterocycles. The molecule has 3 N–H and O–H groups in total. The third-order valence-corrected chi connectivity index (χ3v) is 4.36. The highest BCUT2D eigenvalue weighted by atomic mass is 32.2. The summed E-state index contributed by atoms with van der Waals surface area (Å²) in [6, 6.07) is 6.77. The van der Waals surface area contributed by atoms with Gasteiger partial charge < -0.3 is 15.4 Å². The zero-order valence-electron chi connectivity index (χ0n) is 12.9. The van der Waals surface area contributed by atoms with Crippen molar-refractivity contribution in [2.45, 2.75) is 19.4 Å². The van der Waals surface area contributed by atoms with Gasteiger partial charge in [-0.15, -0.1) is 0 Å². The Bertz CT molecular complexity index is 515. The van der Waals surface area contributed by atoms with Gasteiger partial charge in [0.05, 0.1) is 5.75 Å². The Hall–Kier alpha value is -1.31. The van der Waals surface area contributed by atoms with Crippen LogP contribution in [0.3, 0.4) is 0 Å². The van der Waals surface area contributed by atoms with E-state index in [1.54, 1.807) is 24.3 Å². The van der Waals surface area contributed by atoms with Crippen molar-refractivity contribution in [3.05, 3.63) is 24.3 Å². The van der Waals surface area contributed by atoms with E-state index in [-0.39, 0.29) is 18.4 Å². The molecule has 0 saturated carbocycles. The van der Waals surface area contributed by atoms with Gasteiger partial charge in [-0.05, 0) is 58.3 Å². The quantitative estimate of drug-likeness (QED) is 0.662. The molecule has 0 fully saturated rings. The molecule has 1 unspecified atom stereocenters. The first-order valence-electron chi connectivity index (χ1n) is 6.91. The Morgan fingerprint density at radius 2 is 1.90 bits per heavy atom. The maximum atomic E-state index is 11.9. The van der Waals surface area contributed by atoms with Crippen molar-refractivity contribution in [1.29, 1.82) is 0 Å². The maximum absolute atomic E-state index is 11.9. The molecule has 0 heterocycles. The molecule has 0 saturated heterocycles. The molecule has 0 aliphatic heterocycles. The Morgan fingerprint density at radius 3 is 2.48 bits per heavy atom. The summed E-state index contributed by atoms with van der Waals surface area (Å²) < 4.78 is 31.9. The Balaban J connectivity index is 2.33. The second-order valence-electron chi connectivity index (χ2n) is 5.35. The summed E-state index contributed by atoms with van der Waals surface area (Å²) in [4.78, 5) is 2.02. The summed E-state index contributed by atoms with van der Waals surface area (Å²) in [7, 11) is 0.595. The van der Waals surface area contributed by atoms with E-state index >= 15 is 0 Å². The minimum absolute atomic E-state index is 0.0658. The molecule has 0 aliphatic carbocycles. The van der Waals surface area contributed by atoms with Crippen LogP contribution in [0.25, 0.3) is 0 Å². The highest BCUT2D eigenvalue weighted by Gasteiger charge is 2.14. The van der Waals surface area contributed by atoms with Crippen molar-refractivity contribution in [3.63, 3.8) is 0 Å². The minimum atomic E-state index is -3.33. The Labute approximate surface area is 127 Å². The fourth-order valence-electron chi connectivity index (χ4n) is 1.71. The van der Waals surface area contributed by atoms with E-state index in [0.717, 1.165) is 13.0 Å². The zero-order chi connectivity index (χ0) is 15.9. The van der Waals surface area contributed by atoms with Gasteiger partial charge in [0, 0.05) is 11.7 Å². The number of rotatable bonds is 9. The van der Waals surface area contributed by atoms with Crippen LogP contribution >= 0.6 is 0 Å². The highest BCUT2D eigenvalue weighted by Crippen LogP contribution is 2.12. The fourth-order valence-corrected chi connectivity index (χ4v) is 2.86. The van der Waals surface area contributed by atoms with Gasteiger partial charge in [-0.2, -0.15) is 0 Å². The molecule has 120 valence electrons. The molecule has 6 nitrogen and oxygen atoms in total. The number of nitrogens with two attached hydrogens (primary N) is 1. The SMILES string of the molecule is CC(CCN(C)C)NS(=O)(=O)CCOc1ccc(N)cc1. The zero-order valence-corrected chi connectivity index (χ0v) is 13.7. The van der Waals surface area contributed by atoms with Gasteiger partial charge in [-0.25, -0.2) is 13.1 Å². The first-order chi connectivity index (χ1) is 9.78. The molecule has 1 atom stereocenters. The number of hydrogen-bond donors (Lipinski definition) is 2. The predicted molar refractivity (Wildman–Crippen MR) is 85.9 cm³/mol. The molecule has 1 aromatic rings. The number of benzene rings is 1. The first kappa shape index (κ1) is 17.7. The molecule has 1 rings (SSSR count). The third kappa shape index (κ3) is 7.89. The molecule has 1 aromatic carbocycles. The van der Waals surface area contributed by atoms with Gasteiger partial charge in [-0.1, -0.05) is 0 Å². The molecular weight excluding hydrogens is 290 g/mol. The van der Waals surface area contributed by atoms with Crippen LogP contribution in [0.15, 0.2) is 24.3 Å². The predicted octanol–water partition coefficient (Wildman–Crippen LogP) is 0.907. The number of nitrogens with one attached hydrogen (secondary N) is 1. The van der Waals surface area contributed by atoms with E-state index in [1.807, 2.05) is 25.9 Å². The molecule has 7 heteroatoms. The molecule has 0 spiro atoms. The van der Waals surface area contributed by atoms with E-state index in [0.29, 0.717) is 11.4 Å². The number of nitrogen functional groups attached to an aromatic ring is 1. The van der Waals surface area contributed by atoms with Gasteiger partial charge in [0.1, 0.15) is 12.4 Å². The van der Waals surface area contributed by atoms with Crippen molar-refractivity contribution in [2.75, 3.05) is 38.7 Å². The maximum Gasteiger partial charge on any atom is 0.215 e. The summed E-state index contributed by atoms with van der Waals surface area (Å²) in [5.41, 5.74) is 6.21. The van der Waals surface area contributed by atoms with Crippen LogP contribution in [-0.2, 0) is 10.0 Å². The number of sulfonamides is 1. The monoisotopic (exact) mass is 315 g/mol. The Morgan fingerprint density at radius 1 is 1.29 bits per heavy atom. The molecular formula is C14H25N3O3S. The summed E-state index contributed by atoms with van der Waals surface area (Å²) in [5.74, 6) is 0.545. The number of ether oxygens (including phenoxy) is 1. The molecule has 0 amide bonds. The Kier molecular flexibility index (Phi) is 6.94. The van der Waals surface area contributed by atoms with Crippen LogP contribution < -0.4 is 15.2 Å². The first-order valence-corrected chi connectivity index (χ1v) is 8.57. The smallest absolute Gasteiger partial charge is 0.215 e. The van der Waals surface area contributed by atoms with E-state index in [1.165, 1.54) is 0 Å². The topological polar surface area (TPSA) is 84.7 Å². The molecule has 0 bridgehead atoms. The number of anilines is 1. The lowest BCUT2D eigenvalue weighted by Gasteiger charge is -2.17. The van der Waals surface area contributed by atoms with Crippen LogP contribution in [0.4, 0.5) is 5.69 Å². The summed E-state index contributed by atoms with van der Waals surface area (Å²) >= 11 is 0. The lowest BCUT2D eigenvalue weighted by Crippen LogP contribution is -2.37. The van der Waals surface area contributed by atoms with Crippen molar-refractivity contribution in [1.82, 2.24) is 9.62 Å². The third-order valence-electron chi connectivity index (χ3n) is 2.89. The van der Waals surface area contributed by atoms with E-state index in [9.17, 15) is 8.42 Å². The van der Waals surface area contributed by atoms with Gasteiger partial charge in [-0.3, -0.25) is 0 Å². The lowest BCUT2D eigenvalue weighted by atomic mass is 10.2. The molecule has 0 radical (unpaired) electrons. The molecule has 21 heavy (non-hydrogen) atoms. The summed E-state index contributed by atoms with van der Waals surface area (Å²) in [6.07, 6.45) is 0.769. The second-order valence-corrected chi connectivity index (χ2v) is 7.22. The van der Waals surface area contributed by atoms with Crippen LogP contribution in [0.5, 0.6) is 5.75 Å². The van der Waals surface area contributed by atoms with Gasteiger partial charge in [0.15, 0.2) is 0 Å². The van der Waals surface area contributed by atoms with Gasteiger partial charge in [0.25, 0.3) is 0 Å². The highest BCUT2D eigenvalue weighted by molar-refractivity contribution is 7.89. The van der Waals surface area contributed by atoms with Crippen LogP contribution in [0.2, 0.25) is 0 Å². The largest absolute Gasteiger partial charge is 0.492 e. The second kappa shape index (κ2) is 8.21. The summed E-state index contributed by atoms with van der Waals surface area (Å²) in [6.45, 7) is 2.81. The normalized spacial score (nSPS) is 13.3. The minimum Gasteiger partial charge on any atom is -0.492 e. The number of hydrogen-bond acceptors (Lipinski definition) is 5. The molecule has 0 aliphatic rings. The average molecular weight is 315 g/mol. The van der Waals surface area contributed by atoms with Crippen molar-refractivity contribution in [2.24, 2.45) is 0 Å². The van der Waals surface area contributed by atoms with Crippen molar-refractivity contribution in [3.8, 4) is 5.75 Å². The van der Waals surface area contributed by atoms with Crippen LogP contribution in [0.1, 0.15) is 13.3 Å².